The first-order valence-electron chi connectivity index (χ1n) is 5.01. The van der Waals surface area contributed by atoms with E-state index in [-0.39, 0.29) is 0 Å². The van der Waals surface area contributed by atoms with Gasteiger partial charge in [-0.1, -0.05) is 0 Å². The van der Waals surface area contributed by atoms with Crippen LogP contribution < -0.4 is 0 Å². The molecule has 0 saturated heterocycles. The second-order valence-electron chi connectivity index (χ2n) is 3.48. The van der Waals surface area contributed by atoms with Crippen molar-refractivity contribution < 1.29 is 0 Å². The molecule has 0 amide bonds. The van der Waals surface area contributed by atoms with Crippen molar-refractivity contribution >= 4 is 20.6 Å². The van der Waals surface area contributed by atoms with Crippen molar-refractivity contribution in [2.45, 2.75) is 6.42 Å². The van der Waals surface area contributed by atoms with Crippen LogP contribution in [0.3, 0.4) is 0 Å². The van der Waals surface area contributed by atoms with Gasteiger partial charge in [-0.3, -0.25) is 0 Å². The van der Waals surface area contributed by atoms with Crippen molar-refractivity contribution in [1.29, 1.82) is 5.41 Å². The van der Waals surface area contributed by atoms with Gasteiger partial charge >= 0.3 is 103 Å². The molecule has 1 N–H and O–H groups in total. The molecule has 0 spiro atoms. The zero-order valence-corrected chi connectivity index (χ0v) is 10.4. The van der Waals surface area contributed by atoms with Gasteiger partial charge in [-0.2, -0.15) is 0 Å². The predicted octanol–water partition coefficient (Wildman–Crippen LogP) is 2.17. The van der Waals surface area contributed by atoms with E-state index in [1.54, 1.807) is 6.20 Å². The van der Waals surface area contributed by atoms with Gasteiger partial charge in [0.25, 0.3) is 0 Å². The fourth-order valence-electron chi connectivity index (χ4n) is 1.59. The molecule has 0 fully saturated rings. The predicted molar refractivity (Wildman–Crippen MR) is 66.1 cm³/mol. The topological polar surface area (TPSA) is 36.7 Å². The Labute approximate surface area is 103 Å². The van der Waals surface area contributed by atoms with Crippen LogP contribution in [0.4, 0.5) is 0 Å². The van der Waals surface area contributed by atoms with E-state index in [0.717, 1.165) is 23.2 Å². The second kappa shape index (κ2) is 5.06. The normalized spacial score (nSPS) is 10.0. The third-order valence-electron chi connectivity index (χ3n) is 2.36. The van der Waals surface area contributed by atoms with Crippen LogP contribution >= 0.6 is 0 Å². The number of hydrogen-bond acceptors (Lipinski definition) is 2. The Hall–Kier alpha value is -1.44. The van der Waals surface area contributed by atoms with E-state index in [2.05, 4.69) is 21.0 Å². The molecule has 1 radical (unpaired) electrons. The minimum absolute atomic E-state index is 0.478. The third-order valence-corrected chi connectivity index (χ3v) is 2.82. The zero-order valence-electron chi connectivity index (χ0n) is 8.68. The van der Waals surface area contributed by atoms with Crippen molar-refractivity contribution in [3.8, 4) is 0 Å². The molecule has 0 bridgehead atoms. The minimum atomic E-state index is 0.478. The van der Waals surface area contributed by atoms with Crippen molar-refractivity contribution in [3.05, 3.63) is 65.5 Å². The quantitative estimate of drug-likeness (QED) is 0.676. The van der Waals surface area contributed by atoms with Crippen LogP contribution in [0, 0.1) is 5.41 Å². The molecule has 1 aromatic carbocycles. The van der Waals surface area contributed by atoms with Gasteiger partial charge in [0.1, 0.15) is 0 Å². The van der Waals surface area contributed by atoms with E-state index in [0.29, 0.717) is 4.61 Å². The van der Waals surface area contributed by atoms with E-state index in [4.69, 9.17) is 5.41 Å². The fourth-order valence-corrected chi connectivity index (χ4v) is 2.01. The summed E-state index contributed by atoms with van der Waals surface area (Å²) in [6, 6.07) is 13.8. The number of nitrogens with zero attached hydrogens (tertiary/aromatic N) is 1. The molecule has 2 rings (SSSR count). The molecule has 1 aromatic heterocycles. The van der Waals surface area contributed by atoms with E-state index in [1.807, 2.05) is 42.5 Å². The fraction of sp³-hybridized carbons (Fsp3) is 0.0769. The van der Waals surface area contributed by atoms with Gasteiger partial charge in [0, 0.05) is 0 Å². The first-order valence-corrected chi connectivity index (χ1v) is 5.87. The molecule has 0 saturated carbocycles. The number of rotatable bonds is 3. The van der Waals surface area contributed by atoms with Crippen LogP contribution in [0.15, 0.2) is 48.7 Å². The maximum absolute atomic E-state index is 7.67. The summed E-state index contributed by atoms with van der Waals surface area (Å²) in [6.45, 7) is 0. The molecule has 0 aliphatic heterocycles. The molecule has 2 aromatic rings. The maximum atomic E-state index is 7.67. The van der Waals surface area contributed by atoms with Crippen LogP contribution in [0.2, 0.25) is 0 Å². The van der Waals surface area contributed by atoms with Gasteiger partial charge < -0.3 is 0 Å². The first-order chi connectivity index (χ1) is 7.77. The van der Waals surface area contributed by atoms with Gasteiger partial charge in [-0.05, 0) is 0 Å². The van der Waals surface area contributed by atoms with E-state index in [9.17, 15) is 0 Å². The molecule has 79 valence electrons. The average molecular weight is 274 g/mol. The van der Waals surface area contributed by atoms with Crippen LogP contribution in [-0.4, -0.2) is 25.6 Å². The monoisotopic (exact) mass is 275 g/mol. The Morgan fingerprint density at radius 1 is 1.12 bits per heavy atom. The molecule has 0 unspecified atom stereocenters. The Balaban J connectivity index is 2.31. The van der Waals surface area contributed by atoms with Crippen LogP contribution in [0.1, 0.15) is 16.8 Å². The second-order valence-corrected chi connectivity index (χ2v) is 4.34. The molecule has 0 atom stereocenters. The van der Waals surface area contributed by atoms with Gasteiger partial charge in [0.05, 0.1) is 0 Å². The number of benzene rings is 1. The number of hydrogen-bond donors (Lipinski definition) is 1. The molecule has 0 aliphatic carbocycles. The summed E-state index contributed by atoms with van der Waals surface area (Å²) < 4.78 is 0.478. The van der Waals surface area contributed by atoms with E-state index in [1.165, 1.54) is 0 Å². The van der Waals surface area contributed by atoms with Crippen molar-refractivity contribution in [2.24, 2.45) is 0 Å². The molecule has 0 aliphatic rings. The number of aromatic nitrogens is 1. The van der Waals surface area contributed by atoms with Crippen LogP contribution in [-0.2, 0) is 6.42 Å². The van der Waals surface area contributed by atoms with Crippen LogP contribution in [0.5, 0.6) is 0 Å². The van der Waals surface area contributed by atoms with E-state index < -0.39 is 0 Å². The molecule has 2 nitrogen and oxygen atoms in total. The Kier molecular flexibility index (Phi) is 3.50. The Morgan fingerprint density at radius 3 is 2.56 bits per heavy atom. The SMILES string of the molecule is N=C([Se])c1ccccc1Cc1ccccn1. The molecule has 16 heavy (non-hydrogen) atoms. The Bertz CT molecular complexity index is 494. The molecular weight excluding hydrogens is 263 g/mol. The Morgan fingerprint density at radius 2 is 1.88 bits per heavy atom. The average Bonchev–Trinajstić information content (AvgIpc) is 2.31. The summed E-state index contributed by atoms with van der Waals surface area (Å²) in [5.41, 5.74) is 3.11. The summed E-state index contributed by atoms with van der Waals surface area (Å²) in [5, 5.41) is 7.67. The zero-order chi connectivity index (χ0) is 11.4. The van der Waals surface area contributed by atoms with E-state index >= 15 is 0 Å². The van der Waals surface area contributed by atoms with Gasteiger partial charge in [-0.15, -0.1) is 0 Å². The molecule has 3 heteroatoms. The molecular formula is C13H11N2Se. The first kappa shape index (κ1) is 11.1. The van der Waals surface area contributed by atoms with Crippen molar-refractivity contribution in [2.75, 3.05) is 0 Å². The number of nitrogens with one attached hydrogen (secondary N) is 1. The summed E-state index contributed by atoms with van der Waals surface area (Å²) in [6.07, 6.45) is 2.56. The summed E-state index contributed by atoms with van der Waals surface area (Å²) in [7, 11) is 0. The van der Waals surface area contributed by atoms with Crippen molar-refractivity contribution in [3.63, 3.8) is 0 Å². The van der Waals surface area contributed by atoms with Crippen molar-refractivity contribution in [1.82, 2.24) is 4.98 Å². The summed E-state index contributed by atoms with van der Waals surface area (Å²) in [5.74, 6) is 0. The number of pyridine rings is 1. The van der Waals surface area contributed by atoms with Gasteiger partial charge in [-0.25, -0.2) is 0 Å². The molecule has 1 heterocycles. The third kappa shape index (κ3) is 2.57. The standard InChI is InChI=1S/C13H11N2Se/c14-13(16)12-7-2-1-5-10(12)9-11-6-3-4-8-15-11/h1-8,14H,9H2. The summed E-state index contributed by atoms with van der Waals surface area (Å²) >= 11 is 2.75. The van der Waals surface area contributed by atoms with Crippen LogP contribution in [0.25, 0.3) is 0 Å². The summed E-state index contributed by atoms with van der Waals surface area (Å²) in [4.78, 5) is 4.29. The van der Waals surface area contributed by atoms with Gasteiger partial charge in [0.2, 0.25) is 0 Å². The van der Waals surface area contributed by atoms with Gasteiger partial charge in [0.15, 0.2) is 0 Å².